The lowest BCUT2D eigenvalue weighted by atomic mass is 9.95. The maximum atomic E-state index is 12.2. The van der Waals surface area contributed by atoms with Gasteiger partial charge in [-0.3, -0.25) is 0 Å². The Hall–Kier alpha value is -0.950. The molecule has 0 saturated carbocycles. The molecule has 1 fully saturated rings. The van der Waals surface area contributed by atoms with Gasteiger partial charge >= 0.3 is 0 Å². The van der Waals surface area contributed by atoms with Crippen molar-refractivity contribution in [2.75, 3.05) is 19.6 Å². The molecule has 0 aromatic heterocycles. The number of hydrogen-bond acceptors (Lipinski definition) is 4. The normalized spacial score (nSPS) is 24.3. The third-order valence-electron chi connectivity index (χ3n) is 3.42. The number of nitrogens with one attached hydrogen (secondary N) is 2. The smallest absolute Gasteiger partial charge is 0.240 e. The van der Waals surface area contributed by atoms with Crippen molar-refractivity contribution in [1.82, 2.24) is 10.0 Å². The molecule has 3 N–H and O–H groups in total. The van der Waals surface area contributed by atoms with E-state index < -0.39 is 15.6 Å². The third kappa shape index (κ3) is 3.54. The Morgan fingerprint density at radius 2 is 2.16 bits per heavy atom. The van der Waals surface area contributed by atoms with Gasteiger partial charge in [-0.05, 0) is 37.9 Å². The predicted octanol–water partition coefficient (Wildman–Crippen LogP) is 0.388. The maximum Gasteiger partial charge on any atom is 0.240 e. The number of piperidine rings is 1. The zero-order valence-corrected chi connectivity index (χ0v) is 11.8. The molecule has 1 aliphatic rings. The minimum Gasteiger partial charge on any atom is -0.387 e. The highest BCUT2D eigenvalue weighted by Gasteiger charge is 2.31. The van der Waals surface area contributed by atoms with Crippen LogP contribution in [0, 0.1) is 6.92 Å². The summed E-state index contributed by atoms with van der Waals surface area (Å²) in [5, 5.41) is 13.3. The van der Waals surface area contributed by atoms with Gasteiger partial charge in [0.05, 0.1) is 10.5 Å². The van der Waals surface area contributed by atoms with Crippen molar-refractivity contribution in [3.05, 3.63) is 29.8 Å². The van der Waals surface area contributed by atoms with Crippen molar-refractivity contribution < 1.29 is 13.5 Å². The van der Waals surface area contributed by atoms with E-state index in [0.717, 1.165) is 13.0 Å². The number of aryl methyl sites for hydroxylation is 1. The van der Waals surface area contributed by atoms with Gasteiger partial charge in [-0.15, -0.1) is 0 Å². The van der Waals surface area contributed by atoms with Gasteiger partial charge in [0.25, 0.3) is 0 Å². The van der Waals surface area contributed by atoms with Crippen LogP contribution < -0.4 is 10.0 Å². The first kappa shape index (κ1) is 14.5. The molecule has 1 aromatic rings. The Morgan fingerprint density at radius 3 is 2.79 bits per heavy atom. The van der Waals surface area contributed by atoms with E-state index in [1.165, 1.54) is 0 Å². The molecule has 2 rings (SSSR count). The Kier molecular flexibility index (Phi) is 4.25. The van der Waals surface area contributed by atoms with Crippen LogP contribution in [-0.4, -0.2) is 38.8 Å². The molecule has 0 amide bonds. The summed E-state index contributed by atoms with van der Waals surface area (Å²) < 4.78 is 26.9. The largest absolute Gasteiger partial charge is 0.387 e. The van der Waals surface area contributed by atoms with Crippen LogP contribution in [0.1, 0.15) is 18.4 Å². The van der Waals surface area contributed by atoms with Gasteiger partial charge in [0.15, 0.2) is 0 Å². The molecule has 1 saturated heterocycles. The summed E-state index contributed by atoms with van der Waals surface area (Å²) in [6.45, 7) is 3.08. The van der Waals surface area contributed by atoms with Crippen molar-refractivity contribution in [2.24, 2.45) is 0 Å². The zero-order valence-electron chi connectivity index (χ0n) is 11.0. The number of aliphatic hydroxyl groups is 1. The van der Waals surface area contributed by atoms with Gasteiger partial charge in [0, 0.05) is 13.1 Å². The molecule has 6 heteroatoms. The number of benzene rings is 1. The van der Waals surface area contributed by atoms with Crippen LogP contribution in [0.2, 0.25) is 0 Å². The fraction of sp³-hybridized carbons (Fsp3) is 0.538. The second-order valence-electron chi connectivity index (χ2n) is 5.09. The van der Waals surface area contributed by atoms with Gasteiger partial charge < -0.3 is 10.4 Å². The molecule has 106 valence electrons. The number of β-amino-alcohol motifs (C(OH)–C–C–N with tert-alkyl or cyclic N) is 1. The SMILES string of the molecule is Cc1ccccc1S(=O)(=O)NC[C@]1(O)CCCNC1. The minimum absolute atomic E-state index is 0.0384. The Morgan fingerprint density at radius 1 is 1.42 bits per heavy atom. The molecule has 19 heavy (non-hydrogen) atoms. The summed E-state index contributed by atoms with van der Waals surface area (Å²) in [7, 11) is -3.57. The summed E-state index contributed by atoms with van der Waals surface area (Å²) in [4.78, 5) is 0.266. The van der Waals surface area contributed by atoms with Gasteiger partial charge in [-0.1, -0.05) is 18.2 Å². The van der Waals surface area contributed by atoms with Gasteiger partial charge in [-0.2, -0.15) is 0 Å². The monoisotopic (exact) mass is 284 g/mol. The Balaban J connectivity index is 2.08. The summed E-state index contributed by atoms with van der Waals surface area (Å²) in [5.41, 5.74) is -0.294. The highest BCUT2D eigenvalue weighted by molar-refractivity contribution is 7.89. The molecule has 0 spiro atoms. The van der Waals surface area contributed by atoms with Crippen molar-refractivity contribution in [1.29, 1.82) is 0 Å². The van der Waals surface area contributed by atoms with Crippen LogP contribution in [0.25, 0.3) is 0 Å². The first-order valence-corrected chi connectivity index (χ1v) is 7.90. The van der Waals surface area contributed by atoms with Crippen molar-refractivity contribution in [2.45, 2.75) is 30.3 Å². The van der Waals surface area contributed by atoms with E-state index in [1.54, 1.807) is 31.2 Å². The second-order valence-corrected chi connectivity index (χ2v) is 6.83. The quantitative estimate of drug-likeness (QED) is 0.747. The van der Waals surface area contributed by atoms with Crippen molar-refractivity contribution in [3.63, 3.8) is 0 Å². The van der Waals surface area contributed by atoms with Crippen molar-refractivity contribution in [3.8, 4) is 0 Å². The first-order chi connectivity index (χ1) is 8.93. The molecule has 0 aliphatic carbocycles. The van der Waals surface area contributed by atoms with Crippen LogP contribution in [0.3, 0.4) is 0 Å². The maximum absolute atomic E-state index is 12.2. The van der Waals surface area contributed by atoms with E-state index in [-0.39, 0.29) is 11.4 Å². The van der Waals surface area contributed by atoms with Crippen LogP contribution in [0.15, 0.2) is 29.2 Å². The molecule has 1 aliphatic heterocycles. The van der Waals surface area contributed by atoms with Gasteiger partial charge in [-0.25, -0.2) is 13.1 Å². The summed E-state index contributed by atoms with van der Waals surface area (Å²) in [6.07, 6.45) is 1.46. The second kappa shape index (κ2) is 5.58. The molecule has 1 atom stereocenters. The molecule has 1 heterocycles. The minimum atomic E-state index is -3.57. The molecule has 0 radical (unpaired) electrons. The summed E-state index contributed by atoms with van der Waals surface area (Å²) >= 11 is 0. The molecular formula is C13H20N2O3S. The number of hydrogen-bond donors (Lipinski definition) is 3. The highest BCUT2D eigenvalue weighted by Crippen LogP contribution is 2.18. The van der Waals surface area contributed by atoms with E-state index in [0.29, 0.717) is 18.5 Å². The lowest BCUT2D eigenvalue weighted by molar-refractivity contribution is 0.0218. The fourth-order valence-corrected chi connectivity index (χ4v) is 3.63. The van der Waals surface area contributed by atoms with Gasteiger partial charge in [0.1, 0.15) is 0 Å². The standard InChI is InChI=1S/C13H20N2O3S/c1-11-5-2-3-6-12(11)19(17,18)15-10-13(16)7-4-8-14-9-13/h2-3,5-6,14-16H,4,7-10H2,1H3/t13-/m0/s1. The van der Waals surface area contributed by atoms with Crippen LogP contribution in [0.4, 0.5) is 0 Å². The molecule has 5 nitrogen and oxygen atoms in total. The lowest BCUT2D eigenvalue weighted by Crippen LogP contribution is -2.52. The highest BCUT2D eigenvalue weighted by atomic mass is 32.2. The van der Waals surface area contributed by atoms with Crippen LogP contribution >= 0.6 is 0 Å². The summed E-state index contributed by atoms with van der Waals surface area (Å²) in [6, 6.07) is 6.82. The summed E-state index contributed by atoms with van der Waals surface area (Å²) in [5.74, 6) is 0. The lowest BCUT2D eigenvalue weighted by Gasteiger charge is -2.32. The third-order valence-corrected chi connectivity index (χ3v) is 4.99. The predicted molar refractivity (Wildman–Crippen MR) is 73.4 cm³/mol. The topological polar surface area (TPSA) is 78.4 Å². The Bertz CT molecular complexity index is 537. The zero-order chi connectivity index (χ0) is 13.9. The first-order valence-electron chi connectivity index (χ1n) is 6.41. The van der Waals surface area contributed by atoms with E-state index in [2.05, 4.69) is 10.0 Å². The van der Waals surface area contributed by atoms with Gasteiger partial charge in [0.2, 0.25) is 10.0 Å². The van der Waals surface area contributed by atoms with Crippen LogP contribution in [0.5, 0.6) is 0 Å². The molecule has 0 bridgehead atoms. The van der Waals surface area contributed by atoms with E-state index in [1.807, 2.05) is 0 Å². The number of rotatable bonds is 4. The molecule has 1 aromatic carbocycles. The number of sulfonamides is 1. The average Bonchev–Trinajstić information content (AvgIpc) is 2.38. The fourth-order valence-electron chi connectivity index (χ4n) is 2.27. The average molecular weight is 284 g/mol. The Labute approximate surface area is 114 Å². The van der Waals surface area contributed by atoms with Crippen molar-refractivity contribution >= 4 is 10.0 Å². The van der Waals surface area contributed by atoms with E-state index >= 15 is 0 Å². The molecule has 0 unspecified atom stereocenters. The molecular weight excluding hydrogens is 264 g/mol. The van der Waals surface area contributed by atoms with E-state index in [9.17, 15) is 13.5 Å². The van der Waals surface area contributed by atoms with E-state index in [4.69, 9.17) is 0 Å². The van der Waals surface area contributed by atoms with Crippen LogP contribution in [-0.2, 0) is 10.0 Å².